The summed E-state index contributed by atoms with van der Waals surface area (Å²) < 4.78 is 0. The average Bonchev–Trinajstić information content (AvgIpc) is 2.53. The number of nitrogens with one attached hydrogen (secondary N) is 2. The van der Waals surface area contributed by atoms with Gasteiger partial charge in [-0.1, -0.05) is 42.5 Å². The van der Waals surface area contributed by atoms with Crippen LogP contribution in [-0.4, -0.2) is 30.2 Å². The lowest BCUT2D eigenvalue weighted by molar-refractivity contribution is 0.242. The molecule has 0 heterocycles. The standard InChI is InChI=1S/C16H20N4O2/c17-15(20-16(22)18-9-4-10-21)19-11-13-7-3-6-12-5-1-2-8-14(12)13/h1-3,5-8,21H,4,9-11H2,(H4,17,18,19,20,22). The van der Waals surface area contributed by atoms with E-state index in [-0.39, 0.29) is 12.6 Å². The third kappa shape index (κ3) is 4.46. The number of nitrogens with two attached hydrogens (primary N) is 1. The van der Waals surface area contributed by atoms with Crippen molar-refractivity contribution in [1.29, 1.82) is 0 Å². The molecule has 0 atom stereocenters. The van der Waals surface area contributed by atoms with Crippen LogP contribution in [0.25, 0.3) is 10.8 Å². The molecule has 6 heteroatoms. The number of benzene rings is 2. The summed E-state index contributed by atoms with van der Waals surface area (Å²) in [5.74, 6) is 0.0643. The summed E-state index contributed by atoms with van der Waals surface area (Å²) in [6.07, 6.45) is 0.500. The highest BCUT2D eigenvalue weighted by atomic mass is 16.3. The van der Waals surface area contributed by atoms with Gasteiger partial charge in [-0.15, -0.1) is 0 Å². The zero-order valence-corrected chi connectivity index (χ0v) is 12.2. The second kappa shape index (κ2) is 7.99. The summed E-state index contributed by atoms with van der Waals surface area (Å²) in [7, 11) is 0. The fourth-order valence-corrected chi connectivity index (χ4v) is 2.08. The number of hydrogen-bond donors (Lipinski definition) is 4. The summed E-state index contributed by atoms with van der Waals surface area (Å²) in [5.41, 5.74) is 6.74. The van der Waals surface area contributed by atoms with Crippen molar-refractivity contribution in [2.75, 3.05) is 13.2 Å². The van der Waals surface area contributed by atoms with Crippen LogP contribution in [-0.2, 0) is 6.54 Å². The van der Waals surface area contributed by atoms with Gasteiger partial charge in [-0.2, -0.15) is 0 Å². The summed E-state index contributed by atoms with van der Waals surface area (Å²) in [4.78, 5) is 15.7. The topological polar surface area (TPSA) is 99.7 Å². The second-order valence-electron chi connectivity index (χ2n) is 4.80. The molecule has 0 aromatic heterocycles. The first kappa shape index (κ1) is 15.8. The summed E-state index contributed by atoms with van der Waals surface area (Å²) in [5, 5.41) is 15.9. The number of hydrogen-bond acceptors (Lipinski definition) is 3. The SMILES string of the molecule is NC(=NCc1cccc2ccccc12)NC(=O)NCCCO. The molecule has 22 heavy (non-hydrogen) atoms. The third-order valence-electron chi connectivity index (χ3n) is 3.16. The van der Waals surface area contributed by atoms with Crippen molar-refractivity contribution in [2.45, 2.75) is 13.0 Å². The number of aliphatic hydroxyl groups excluding tert-OH is 1. The van der Waals surface area contributed by atoms with Crippen molar-refractivity contribution >= 4 is 22.8 Å². The fourth-order valence-electron chi connectivity index (χ4n) is 2.08. The lowest BCUT2D eigenvalue weighted by Gasteiger charge is -2.07. The first-order chi connectivity index (χ1) is 10.7. The van der Waals surface area contributed by atoms with Gasteiger partial charge in [-0.05, 0) is 22.8 Å². The highest BCUT2D eigenvalue weighted by Crippen LogP contribution is 2.18. The lowest BCUT2D eigenvalue weighted by atomic mass is 10.1. The first-order valence-electron chi connectivity index (χ1n) is 7.13. The van der Waals surface area contributed by atoms with E-state index in [2.05, 4.69) is 15.6 Å². The van der Waals surface area contributed by atoms with Crippen LogP contribution in [0, 0.1) is 0 Å². The predicted octanol–water partition coefficient (Wildman–Crippen LogP) is 1.34. The van der Waals surface area contributed by atoms with Crippen molar-refractivity contribution in [2.24, 2.45) is 10.7 Å². The molecule has 0 aliphatic rings. The molecule has 2 rings (SSSR count). The molecule has 0 radical (unpaired) electrons. The molecule has 116 valence electrons. The predicted molar refractivity (Wildman–Crippen MR) is 87.5 cm³/mol. The number of aliphatic imine (C=N–C) groups is 1. The van der Waals surface area contributed by atoms with Crippen LogP contribution in [0.3, 0.4) is 0 Å². The van der Waals surface area contributed by atoms with Gasteiger partial charge >= 0.3 is 6.03 Å². The molecular formula is C16H20N4O2. The van der Waals surface area contributed by atoms with Gasteiger partial charge in [0, 0.05) is 13.2 Å². The Morgan fingerprint density at radius 2 is 1.95 bits per heavy atom. The lowest BCUT2D eigenvalue weighted by Crippen LogP contribution is -2.43. The molecule has 0 saturated carbocycles. The van der Waals surface area contributed by atoms with Crippen molar-refractivity contribution < 1.29 is 9.90 Å². The van der Waals surface area contributed by atoms with Crippen LogP contribution in [0.15, 0.2) is 47.5 Å². The van der Waals surface area contributed by atoms with Crippen LogP contribution in [0.1, 0.15) is 12.0 Å². The summed E-state index contributed by atoms with van der Waals surface area (Å²) in [6, 6.07) is 13.6. The van der Waals surface area contributed by atoms with E-state index in [9.17, 15) is 4.79 Å². The van der Waals surface area contributed by atoms with Gasteiger partial charge in [0.25, 0.3) is 0 Å². The number of rotatable bonds is 5. The van der Waals surface area contributed by atoms with Crippen LogP contribution in [0.4, 0.5) is 4.79 Å². The fraction of sp³-hybridized carbons (Fsp3) is 0.250. The number of carbonyl (C=O) groups excluding carboxylic acids is 1. The van der Waals surface area contributed by atoms with Gasteiger partial charge in [-0.25, -0.2) is 9.79 Å². The maximum atomic E-state index is 11.5. The van der Waals surface area contributed by atoms with Crippen LogP contribution in [0.2, 0.25) is 0 Å². The molecule has 0 bridgehead atoms. The number of guanidine groups is 1. The molecule has 6 nitrogen and oxygen atoms in total. The quantitative estimate of drug-likeness (QED) is 0.381. The highest BCUT2D eigenvalue weighted by Gasteiger charge is 2.03. The summed E-state index contributed by atoms with van der Waals surface area (Å²) >= 11 is 0. The van der Waals surface area contributed by atoms with Gasteiger partial charge in [0.05, 0.1) is 6.54 Å². The highest BCUT2D eigenvalue weighted by molar-refractivity contribution is 5.95. The normalized spacial score (nSPS) is 11.4. The van der Waals surface area contributed by atoms with E-state index in [1.807, 2.05) is 42.5 Å². The zero-order chi connectivity index (χ0) is 15.8. The van der Waals surface area contributed by atoms with E-state index in [0.29, 0.717) is 19.5 Å². The van der Waals surface area contributed by atoms with Crippen molar-refractivity contribution in [3.8, 4) is 0 Å². The number of fused-ring (bicyclic) bond motifs is 1. The molecule has 5 N–H and O–H groups in total. The maximum absolute atomic E-state index is 11.5. The van der Waals surface area contributed by atoms with E-state index in [1.54, 1.807) is 0 Å². The van der Waals surface area contributed by atoms with Gasteiger partial charge in [0.2, 0.25) is 0 Å². The number of nitrogens with zero attached hydrogens (tertiary/aromatic N) is 1. The molecular weight excluding hydrogens is 280 g/mol. The first-order valence-corrected chi connectivity index (χ1v) is 7.13. The number of aliphatic hydroxyl groups is 1. The molecule has 2 amide bonds. The van der Waals surface area contributed by atoms with Crippen molar-refractivity contribution in [3.05, 3.63) is 48.0 Å². The summed E-state index contributed by atoms with van der Waals surface area (Å²) in [6.45, 7) is 0.813. The third-order valence-corrected chi connectivity index (χ3v) is 3.16. The number of carbonyl (C=O) groups is 1. The zero-order valence-electron chi connectivity index (χ0n) is 12.2. The second-order valence-corrected chi connectivity index (χ2v) is 4.80. The average molecular weight is 300 g/mol. The van der Waals surface area contributed by atoms with E-state index < -0.39 is 6.03 Å². The Kier molecular flexibility index (Phi) is 5.73. The molecule has 0 spiro atoms. The minimum Gasteiger partial charge on any atom is -0.396 e. The van der Waals surface area contributed by atoms with Gasteiger partial charge in [-0.3, -0.25) is 5.32 Å². The van der Waals surface area contributed by atoms with Crippen LogP contribution >= 0.6 is 0 Å². The Balaban J connectivity index is 1.96. The van der Waals surface area contributed by atoms with Gasteiger partial charge in [0.1, 0.15) is 0 Å². The van der Waals surface area contributed by atoms with Gasteiger partial charge in [0.15, 0.2) is 5.96 Å². The molecule has 2 aromatic rings. The molecule has 0 unspecified atom stereocenters. The minimum absolute atomic E-state index is 0.0327. The Hall–Kier alpha value is -2.60. The Morgan fingerprint density at radius 3 is 2.77 bits per heavy atom. The Labute approximate surface area is 129 Å². The van der Waals surface area contributed by atoms with Crippen LogP contribution < -0.4 is 16.4 Å². The largest absolute Gasteiger partial charge is 0.396 e. The van der Waals surface area contributed by atoms with E-state index in [1.165, 1.54) is 0 Å². The van der Waals surface area contributed by atoms with Crippen molar-refractivity contribution in [3.63, 3.8) is 0 Å². The molecule has 2 aromatic carbocycles. The molecule has 0 aliphatic carbocycles. The van der Waals surface area contributed by atoms with E-state index in [0.717, 1.165) is 16.3 Å². The Bertz CT molecular complexity index is 665. The Morgan fingerprint density at radius 1 is 1.18 bits per heavy atom. The van der Waals surface area contributed by atoms with E-state index >= 15 is 0 Å². The molecule has 0 saturated heterocycles. The van der Waals surface area contributed by atoms with Crippen LogP contribution in [0.5, 0.6) is 0 Å². The molecule has 0 fully saturated rings. The number of urea groups is 1. The smallest absolute Gasteiger partial charge is 0.321 e. The monoisotopic (exact) mass is 300 g/mol. The maximum Gasteiger partial charge on any atom is 0.321 e. The molecule has 0 aliphatic heterocycles. The number of amides is 2. The van der Waals surface area contributed by atoms with E-state index in [4.69, 9.17) is 10.8 Å². The minimum atomic E-state index is -0.424. The van der Waals surface area contributed by atoms with Gasteiger partial charge < -0.3 is 16.2 Å². The van der Waals surface area contributed by atoms with Crippen molar-refractivity contribution in [1.82, 2.24) is 10.6 Å².